The van der Waals surface area contributed by atoms with Crippen LogP contribution in [0.2, 0.25) is 0 Å². The number of benzene rings is 2. The zero-order chi connectivity index (χ0) is 22.4. The van der Waals surface area contributed by atoms with E-state index >= 15 is 0 Å². The van der Waals surface area contributed by atoms with Crippen molar-refractivity contribution in [2.45, 2.75) is 25.9 Å². The van der Waals surface area contributed by atoms with Crippen LogP contribution in [-0.4, -0.2) is 31.5 Å². The van der Waals surface area contributed by atoms with Crippen molar-refractivity contribution < 1.29 is 31.9 Å². The molecule has 3 N–H and O–H groups in total. The van der Waals surface area contributed by atoms with Gasteiger partial charge in [0.05, 0.1) is 25.4 Å². The fraction of sp³-hybridized carbons (Fsp3) is 0.300. The highest BCUT2D eigenvalue weighted by Gasteiger charge is 2.19. The third kappa shape index (κ3) is 5.69. The van der Waals surface area contributed by atoms with Gasteiger partial charge >= 0.3 is 0 Å². The van der Waals surface area contributed by atoms with Crippen LogP contribution in [0.25, 0.3) is 0 Å². The molecule has 0 aliphatic rings. The van der Waals surface area contributed by atoms with Crippen LogP contribution in [0.1, 0.15) is 25.5 Å². The van der Waals surface area contributed by atoms with E-state index in [1.165, 1.54) is 19.2 Å². The highest BCUT2D eigenvalue weighted by atomic mass is 19.2. The van der Waals surface area contributed by atoms with Gasteiger partial charge in [-0.2, -0.15) is 0 Å². The van der Waals surface area contributed by atoms with Gasteiger partial charge in [-0.3, -0.25) is 14.9 Å². The first-order valence-electron chi connectivity index (χ1n) is 8.94. The Morgan fingerprint density at radius 1 is 1.00 bits per heavy atom. The molecule has 0 aliphatic carbocycles. The van der Waals surface area contributed by atoms with Gasteiger partial charge in [0.25, 0.3) is 0 Å². The molecule has 2 unspecified atom stereocenters. The van der Waals surface area contributed by atoms with Crippen LogP contribution in [0.15, 0.2) is 30.3 Å². The number of halogens is 4. The maximum Gasteiger partial charge on any atom is 0.243 e. The quantitative estimate of drug-likeness (QED) is 0.447. The summed E-state index contributed by atoms with van der Waals surface area (Å²) in [6, 6.07) is 4.79. The third-order valence-electron chi connectivity index (χ3n) is 4.30. The van der Waals surface area contributed by atoms with Gasteiger partial charge in [0.2, 0.25) is 11.8 Å². The Bertz CT molecular complexity index is 940. The van der Waals surface area contributed by atoms with Crippen LogP contribution in [-0.2, 0) is 9.59 Å². The van der Waals surface area contributed by atoms with E-state index in [9.17, 15) is 27.2 Å². The minimum Gasteiger partial charge on any atom is -0.494 e. The van der Waals surface area contributed by atoms with Crippen molar-refractivity contribution in [2.24, 2.45) is 0 Å². The molecule has 0 saturated heterocycles. The minimum absolute atomic E-state index is 0.0974. The molecule has 0 radical (unpaired) electrons. The van der Waals surface area contributed by atoms with E-state index in [0.29, 0.717) is 11.6 Å². The lowest BCUT2D eigenvalue weighted by Crippen LogP contribution is -2.45. The van der Waals surface area contributed by atoms with E-state index in [4.69, 9.17) is 4.74 Å². The lowest BCUT2D eigenvalue weighted by molar-refractivity contribution is -0.125. The lowest BCUT2D eigenvalue weighted by atomic mass is 10.1. The Balaban J connectivity index is 1.87. The van der Waals surface area contributed by atoms with Crippen molar-refractivity contribution >= 4 is 17.5 Å². The highest BCUT2D eigenvalue weighted by molar-refractivity contribution is 5.95. The number of nitrogens with one attached hydrogen (secondary N) is 3. The molecule has 0 fully saturated rings. The molecule has 10 heteroatoms. The summed E-state index contributed by atoms with van der Waals surface area (Å²) in [5, 5.41) is 7.34. The summed E-state index contributed by atoms with van der Waals surface area (Å²) in [5.41, 5.74) is 0.0361. The molecular formula is C20H21F4N3O3. The van der Waals surface area contributed by atoms with E-state index < -0.39 is 59.4 Å². The molecule has 6 nitrogen and oxygen atoms in total. The standard InChI is InChI=1S/C20H21F4N3O3/c1-10(12-4-7-16(30-3)14(22)8-12)26-11(2)20(29)25-9-17(28)27-15-6-5-13(21)18(23)19(15)24/h4-8,10-11,26H,9H2,1-3H3,(H,25,29)(H,27,28). The largest absolute Gasteiger partial charge is 0.494 e. The number of rotatable bonds is 8. The number of carbonyl (C=O) groups is 2. The Morgan fingerprint density at radius 2 is 1.70 bits per heavy atom. The SMILES string of the molecule is COc1ccc(C(C)NC(C)C(=O)NCC(=O)Nc2ccc(F)c(F)c2F)cc1F. The van der Waals surface area contributed by atoms with Gasteiger partial charge in [0.15, 0.2) is 29.0 Å². The van der Waals surface area contributed by atoms with Crippen molar-refractivity contribution in [1.29, 1.82) is 0 Å². The molecule has 0 saturated carbocycles. The summed E-state index contributed by atoms with van der Waals surface area (Å²) < 4.78 is 58.3. The molecule has 2 amide bonds. The van der Waals surface area contributed by atoms with Gasteiger partial charge in [-0.25, -0.2) is 17.6 Å². The Labute approximate surface area is 170 Å². The van der Waals surface area contributed by atoms with E-state index in [-0.39, 0.29) is 5.75 Å². The molecule has 0 aromatic heterocycles. The Hall–Kier alpha value is -3.14. The first-order valence-corrected chi connectivity index (χ1v) is 8.94. The van der Waals surface area contributed by atoms with Crippen LogP contribution in [0.3, 0.4) is 0 Å². The molecular weight excluding hydrogens is 406 g/mol. The van der Waals surface area contributed by atoms with Gasteiger partial charge in [-0.05, 0) is 43.7 Å². The number of methoxy groups -OCH3 is 1. The van der Waals surface area contributed by atoms with E-state index in [1.807, 2.05) is 5.32 Å². The zero-order valence-corrected chi connectivity index (χ0v) is 16.5. The summed E-state index contributed by atoms with van der Waals surface area (Å²) in [6.07, 6.45) is 0. The van der Waals surface area contributed by atoms with Crippen LogP contribution >= 0.6 is 0 Å². The Kier molecular flexibility index (Phi) is 7.76. The maximum absolute atomic E-state index is 13.8. The fourth-order valence-electron chi connectivity index (χ4n) is 2.64. The maximum atomic E-state index is 13.8. The first-order chi connectivity index (χ1) is 14.1. The normalized spacial score (nSPS) is 12.8. The number of carbonyl (C=O) groups excluding carboxylic acids is 2. The van der Waals surface area contributed by atoms with E-state index in [1.54, 1.807) is 19.9 Å². The molecule has 2 aromatic carbocycles. The third-order valence-corrected chi connectivity index (χ3v) is 4.30. The van der Waals surface area contributed by atoms with E-state index in [0.717, 1.165) is 6.07 Å². The molecule has 2 aromatic rings. The molecule has 162 valence electrons. The number of hydrogen-bond acceptors (Lipinski definition) is 4. The van der Waals surface area contributed by atoms with Crippen LogP contribution in [0, 0.1) is 23.3 Å². The highest BCUT2D eigenvalue weighted by Crippen LogP contribution is 2.22. The van der Waals surface area contributed by atoms with Gasteiger partial charge < -0.3 is 15.4 Å². The fourth-order valence-corrected chi connectivity index (χ4v) is 2.64. The molecule has 0 bridgehead atoms. The second kappa shape index (κ2) is 10.1. The van der Waals surface area contributed by atoms with Crippen LogP contribution in [0.5, 0.6) is 5.75 Å². The summed E-state index contributed by atoms with van der Waals surface area (Å²) in [7, 11) is 1.35. The second-order valence-electron chi connectivity index (χ2n) is 6.49. The molecule has 0 aliphatic heterocycles. The van der Waals surface area contributed by atoms with Gasteiger partial charge in [-0.1, -0.05) is 6.07 Å². The monoisotopic (exact) mass is 427 g/mol. The van der Waals surface area contributed by atoms with Crippen molar-refractivity contribution in [1.82, 2.24) is 10.6 Å². The number of ether oxygens (including phenoxy) is 1. The second-order valence-corrected chi connectivity index (χ2v) is 6.49. The topological polar surface area (TPSA) is 79.5 Å². The predicted molar refractivity (Wildman–Crippen MR) is 102 cm³/mol. The summed E-state index contributed by atoms with van der Waals surface area (Å²) in [4.78, 5) is 24.0. The molecule has 2 rings (SSSR count). The first kappa shape index (κ1) is 23.1. The average molecular weight is 427 g/mol. The molecule has 0 heterocycles. The van der Waals surface area contributed by atoms with Gasteiger partial charge in [-0.15, -0.1) is 0 Å². The molecule has 30 heavy (non-hydrogen) atoms. The lowest BCUT2D eigenvalue weighted by Gasteiger charge is -2.20. The van der Waals surface area contributed by atoms with Crippen molar-refractivity contribution in [3.8, 4) is 5.75 Å². The van der Waals surface area contributed by atoms with Crippen molar-refractivity contribution in [3.63, 3.8) is 0 Å². The number of anilines is 1. The predicted octanol–water partition coefficient (Wildman–Crippen LogP) is 3.05. The van der Waals surface area contributed by atoms with Crippen LogP contribution < -0.4 is 20.7 Å². The van der Waals surface area contributed by atoms with Gasteiger partial charge in [0, 0.05) is 6.04 Å². The zero-order valence-electron chi connectivity index (χ0n) is 16.5. The smallest absolute Gasteiger partial charge is 0.243 e. The molecule has 0 spiro atoms. The number of amides is 2. The number of hydrogen-bond donors (Lipinski definition) is 3. The van der Waals surface area contributed by atoms with Crippen molar-refractivity contribution in [3.05, 3.63) is 59.2 Å². The van der Waals surface area contributed by atoms with Crippen molar-refractivity contribution in [2.75, 3.05) is 19.0 Å². The summed E-state index contributed by atoms with van der Waals surface area (Å²) in [5.74, 6) is -6.45. The van der Waals surface area contributed by atoms with E-state index in [2.05, 4.69) is 10.6 Å². The average Bonchev–Trinajstić information content (AvgIpc) is 2.72. The summed E-state index contributed by atoms with van der Waals surface area (Å²) in [6.45, 7) is 2.75. The van der Waals surface area contributed by atoms with Crippen LogP contribution in [0.4, 0.5) is 23.2 Å². The summed E-state index contributed by atoms with van der Waals surface area (Å²) >= 11 is 0. The minimum atomic E-state index is -1.71. The molecule has 2 atom stereocenters. The Morgan fingerprint density at radius 3 is 2.33 bits per heavy atom. The van der Waals surface area contributed by atoms with Gasteiger partial charge in [0.1, 0.15) is 0 Å².